The summed E-state index contributed by atoms with van der Waals surface area (Å²) in [5.41, 5.74) is 5.28. The van der Waals surface area contributed by atoms with Crippen LogP contribution >= 0.6 is 34.9 Å². The lowest BCUT2D eigenvalue weighted by Crippen LogP contribution is -2.71. The van der Waals surface area contributed by atoms with Crippen LogP contribution in [0.5, 0.6) is 5.75 Å². The van der Waals surface area contributed by atoms with E-state index in [0.29, 0.717) is 5.57 Å². The third kappa shape index (κ3) is 7.16. The number of aromatic amines is 1. The zero-order valence-corrected chi connectivity index (χ0v) is 27.6. The van der Waals surface area contributed by atoms with Crippen molar-refractivity contribution < 1.29 is 48.3 Å². The van der Waals surface area contributed by atoms with E-state index in [1.165, 1.54) is 41.7 Å². The number of carboxylic acids is 2. The standard InChI is InChI=1S/C28H23N9O10S3/c29-27-31-15(11-50-27)18(35-46-5-6-48-28-34-33-22(47-28)14-7-16(38)17(39)8-30-14)21(40)32-19-23(41)37-20(26(44)45)13(10-49-24(19)37)9-36-3-1-12(2-4-36)25(42)43/h1-4,7-8,11,19,24H,5-6,9-10H2,(H6-,29,30,31,32,33,35,38,39,40,42,43,44,45)/t19-,24-/m1/s1. The van der Waals surface area contributed by atoms with Crippen LogP contribution in [0, 0.1) is 0 Å². The van der Waals surface area contributed by atoms with E-state index in [1.54, 1.807) is 4.57 Å². The van der Waals surface area contributed by atoms with E-state index in [2.05, 4.69) is 30.6 Å². The number of hydrogen-bond donors (Lipinski definition) is 5. The topological polar surface area (TPSA) is 283 Å². The fraction of sp³-hybridized carbons (Fsp3) is 0.214. The predicted molar refractivity (Wildman–Crippen MR) is 172 cm³/mol. The number of fused-ring (bicyclic) bond motifs is 1. The van der Waals surface area contributed by atoms with Crippen LogP contribution < -0.4 is 26.2 Å². The molecule has 22 heteroatoms. The molecule has 0 unspecified atom stereocenters. The van der Waals surface area contributed by atoms with E-state index in [9.17, 15) is 34.2 Å². The van der Waals surface area contributed by atoms with Gasteiger partial charge >= 0.3 is 5.97 Å². The SMILES string of the molecule is Nc1nc(/C(=N/OCCSc2nnc(-c3cc(=O)c(O)c[nH]3)o2)C(=O)N[C@@H]2C(=O)N3C(C(=O)[O-])=C(C[n+]4ccc(C(=O)O)cc4)CS[C@H]23)cs1. The van der Waals surface area contributed by atoms with Gasteiger partial charge in [0.1, 0.15) is 29.4 Å². The number of pyridine rings is 2. The summed E-state index contributed by atoms with van der Waals surface area (Å²) in [6.07, 6.45) is 4.07. The normalized spacial score (nSPS) is 17.2. The fourth-order valence-electron chi connectivity index (χ4n) is 4.77. The highest BCUT2D eigenvalue weighted by Crippen LogP contribution is 2.40. The third-order valence-corrected chi connectivity index (χ3v) is 9.90. The molecule has 50 heavy (non-hydrogen) atoms. The number of aromatic nitrogens is 5. The Morgan fingerprint density at radius 1 is 1.28 bits per heavy atom. The molecule has 1 saturated heterocycles. The molecule has 6 rings (SSSR count). The van der Waals surface area contributed by atoms with Crippen LogP contribution in [0.4, 0.5) is 5.13 Å². The monoisotopic (exact) mass is 741 g/mol. The number of nitrogens with zero attached hydrogens (tertiary/aromatic N) is 6. The highest BCUT2D eigenvalue weighted by atomic mass is 32.2. The molecule has 0 spiro atoms. The van der Waals surface area contributed by atoms with E-state index in [-0.39, 0.29) is 69.3 Å². The van der Waals surface area contributed by atoms with Crippen molar-refractivity contribution in [1.29, 1.82) is 0 Å². The summed E-state index contributed by atoms with van der Waals surface area (Å²) in [5.74, 6) is -4.17. The van der Waals surface area contributed by atoms with Crippen LogP contribution in [0.2, 0.25) is 0 Å². The van der Waals surface area contributed by atoms with Gasteiger partial charge in [-0.05, 0) is 0 Å². The van der Waals surface area contributed by atoms with Gasteiger partial charge in [-0.15, -0.1) is 33.3 Å². The Morgan fingerprint density at radius 2 is 2.06 bits per heavy atom. The average Bonchev–Trinajstić information content (AvgIpc) is 3.75. The van der Waals surface area contributed by atoms with E-state index in [4.69, 9.17) is 20.1 Å². The van der Waals surface area contributed by atoms with Gasteiger partial charge in [0.25, 0.3) is 22.9 Å². The van der Waals surface area contributed by atoms with Gasteiger partial charge in [-0.3, -0.25) is 19.3 Å². The molecule has 0 aliphatic carbocycles. The largest absolute Gasteiger partial charge is 0.543 e. The second-order valence-corrected chi connectivity index (χ2v) is 13.4. The summed E-state index contributed by atoms with van der Waals surface area (Å²) in [5, 5.41) is 46.0. The maximum atomic E-state index is 13.4. The van der Waals surface area contributed by atoms with Crippen molar-refractivity contribution >= 4 is 69.5 Å². The number of thioether (sulfide) groups is 2. The first kappa shape index (κ1) is 34.1. The summed E-state index contributed by atoms with van der Waals surface area (Å²) in [6, 6.07) is 2.74. The number of oxime groups is 1. The van der Waals surface area contributed by atoms with Gasteiger partial charge in [-0.1, -0.05) is 16.9 Å². The molecule has 19 nitrogen and oxygen atoms in total. The van der Waals surface area contributed by atoms with Gasteiger partial charge in [0.2, 0.25) is 5.43 Å². The molecule has 0 saturated carbocycles. The first-order valence-electron chi connectivity index (χ1n) is 14.2. The van der Waals surface area contributed by atoms with Crippen LogP contribution in [-0.4, -0.2) is 94.3 Å². The van der Waals surface area contributed by atoms with Crippen molar-refractivity contribution in [2.45, 2.75) is 23.2 Å². The van der Waals surface area contributed by atoms with Gasteiger partial charge in [0, 0.05) is 46.9 Å². The van der Waals surface area contributed by atoms with Gasteiger partial charge in [0.15, 0.2) is 35.5 Å². The molecule has 2 aliphatic heterocycles. The van der Waals surface area contributed by atoms with E-state index < -0.39 is 46.3 Å². The van der Waals surface area contributed by atoms with Crippen molar-refractivity contribution in [1.82, 2.24) is 30.4 Å². The molecule has 4 aromatic heterocycles. The number of aromatic carboxylic acids is 1. The molecule has 258 valence electrons. The molecular formula is C28H23N9O10S3. The minimum Gasteiger partial charge on any atom is -0.543 e. The summed E-state index contributed by atoms with van der Waals surface area (Å²) in [4.78, 5) is 74.8. The number of carbonyl (C=O) groups excluding carboxylic acids is 3. The molecule has 6 N–H and O–H groups in total. The van der Waals surface area contributed by atoms with Crippen molar-refractivity contribution in [2.24, 2.45) is 5.16 Å². The number of anilines is 1. The van der Waals surface area contributed by atoms with Crippen molar-refractivity contribution in [3.63, 3.8) is 0 Å². The van der Waals surface area contributed by atoms with Gasteiger partial charge in [-0.2, -0.15) is 0 Å². The van der Waals surface area contributed by atoms with Crippen LogP contribution in [0.25, 0.3) is 11.6 Å². The number of thiazole rings is 1. The second kappa shape index (κ2) is 14.4. The predicted octanol–water partition coefficient (Wildman–Crippen LogP) is -1.23. The van der Waals surface area contributed by atoms with Crippen LogP contribution in [0.15, 0.2) is 73.0 Å². The molecule has 4 aromatic rings. The van der Waals surface area contributed by atoms with E-state index in [0.717, 1.165) is 40.3 Å². The summed E-state index contributed by atoms with van der Waals surface area (Å²) < 4.78 is 7.08. The molecule has 0 bridgehead atoms. The van der Waals surface area contributed by atoms with Gasteiger partial charge < -0.3 is 45.4 Å². The lowest BCUT2D eigenvalue weighted by molar-refractivity contribution is -0.689. The Kier molecular flexibility index (Phi) is 9.83. The van der Waals surface area contributed by atoms with Crippen molar-refractivity contribution in [3.05, 3.63) is 74.9 Å². The number of aliphatic carboxylic acids is 1. The number of aromatic hydroxyl groups is 1. The van der Waals surface area contributed by atoms with Gasteiger partial charge in [0.05, 0.1) is 17.2 Å². The Bertz CT molecular complexity index is 2110. The Balaban J connectivity index is 1.09. The maximum Gasteiger partial charge on any atom is 0.336 e. The van der Waals surface area contributed by atoms with Crippen LogP contribution in [0.1, 0.15) is 16.1 Å². The number of H-pyrrole nitrogens is 1. The number of rotatable bonds is 13. The molecule has 2 amide bonds. The lowest BCUT2D eigenvalue weighted by Gasteiger charge is -2.50. The first-order chi connectivity index (χ1) is 24.0. The quantitative estimate of drug-likeness (QED) is 0.0268. The highest BCUT2D eigenvalue weighted by molar-refractivity contribution is 8.00. The molecule has 0 aromatic carbocycles. The van der Waals surface area contributed by atoms with Crippen molar-refractivity contribution in [3.8, 4) is 17.3 Å². The number of carbonyl (C=O) groups is 4. The number of hydrogen-bond acceptors (Lipinski definition) is 17. The molecule has 2 atom stereocenters. The Morgan fingerprint density at radius 3 is 2.74 bits per heavy atom. The second-order valence-electron chi connectivity index (χ2n) is 10.3. The number of β-lactam (4-membered cyclic amide) rings is 1. The summed E-state index contributed by atoms with van der Waals surface area (Å²) in [6.45, 7) is 0.0252. The molecule has 2 aliphatic rings. The van der Waals surface area contributed by atoms with Crippen LogP contribution in [-0.2, 0) is 25.8 Å². The molecule has 0 radical (unpaired) electrons. The highest BCUT2D eigenvalue weighted by Gasteiger charge is 2.53. The lowest BCUT2D eigenvalue weighted by atomic mass is 10.0. The minimum atomic E-state index is -1.57. The molecule has 6 heterocycles. The van der Waals surface area contributed by atoms with E-state index in [1.807, 2.05) is 0 Å². The smallest absolute Gasteiger partial charge is 0.336 e. The number of nitrogen functional groups attached to an aromatic ring is 1. The zero-order chi connectivity index (χ0) is 35.5. The number of nitrogens with one attached hydrogen (secondary N) is 2. The minimum absolute atomic E-state index is 0.0217. The maximum absolute atomic E-state index is 13.4. The fourth-order valence-corrected chi connectivity index (χ4v) is 7.22. The molecular weight excluding hydrogens is 719 g/mol. The van der Waals surface area contributed by atoms with Crippen molar-refractivity contribution in [2.75, 3.05) is 23.8 Å². The summed E-state index contributed by atoms with van der Waals surface area (Å²) >= 11 is 3.39. The van der Waals surface area contributed by atoms with E-state index >= 15 is 0 Å². The zero-order valence-electron chi connectivity index (χ0n) is 25.2. The average molecular weight is 742 g/mol. The molecule has 1 fully saturated rings. The van der Waals surface area contributed by atoms with Gasteiger partial charge in [-0.25, -0.2) is 14.3 Å². The summed E-state index contributed by atoms with van der Waals surface area (Å²) in [7, 11) is 0. The Labute approximate surface area is 291 Å². The number of nitrogens with two attached hydrogens (primary N) is 1. The van der Waals surface area contributed by atoms with Crippen LogP contribution in [0.3, 0.4) is 0 Å². The number of carboxylic acid groups (broad SMARTS) is 2. The third-order valence-electron chi connectivity index (χ3n) is 7.10. The number of amides is 2. The Hall–Kier alpha value is -5.74. The first-order valence-corrected chi connectivity index (χ1v) is 17.1.